The fourth-order valence-electron chi connectivity index (χ4n) is 4.55. The second-order valence-corrected chi connectivity index (χ2v) is 8.66. The van der Waals surface area contributed by atoms with Gasteiger partial charge in [0.05, 0.1) is 22.5 Å². The van der Waals surface area contributed by atoms with Crippen LogP contribution >= 0.6 is 0 Å². The van der Waals surface area contributed by atoms with Crippen LogP contribution in [0.3, 0.4) is 0 Å². The van der Waals surface area contributed by atoms with Crippen molar-refractivity contribution >= 4 is 22.5 Å². The van der Waals surface area contributed by atoms with Crippen molar-refractivity contribution in [2.75, 3.05) is 31.1 Å². The summed E-state index contributed by atoms with van der Waals surface area (Å²) in [5.41, 5.74) is 11.2. The van der Waals surface area contributed by atoms with Gasteiger partial charge in [-0.05, 0) is 41.8 Å². The third kappa shape index (κ3) is 4.45. The smallest absolute Gasteiger partial charge is 0.257 e. The van der Waals surface area contributed by atoms with E-state index in [2.05, 4.69) is 44.6 Å². The lowest BCUT2D eigenvalue weighted by Gasteiger charge is -2.29. The molecule has 2 aliphatic rings. The average molecular weight is 441 g/mol. The van der Waals surface area contributed by atoms with E-state index in [9.17, 15) is 4.79 Å². The summed E-state index contributed by atoms with van der Waals surface area (Å²) in [6, 6.07) is 12.1. The molecule has 33 heavy (non-hydrogen) atoms. The molecule has 1 fully saturated rings. The molecule has 3 heterocycles. The van der Waals surface area contributed by atoms with Gasteiger partial charge in [-0.2, -0.15) is 0 Å². The number of anilines is 1. The van der Waals surface area contributed by atoms with Crippen LogP contribution in [0.15, 0.2) is 78.5 Å². The van der Waals surface area contributed by atoms with Gasteiger partial charge in [0.15, 0.2) is 0 Å². The normalized spacial score (nSPS) is 20.8. The van der Waals surface area contributed by atoms with Crippen LogP contribution in [0.25, 0.3) is 10.9 Å². The minimum Gasteiger partial charge on any atom is -0.397 e. The molecule has 2 aromatic heterocycles. The second kappa shape index (κ2) is 9.03. The van der Waals surface area contributed by atoms with Crippen LogP contribution in [-0.2, 0) is 0 Å². The topological polar surface area (TPSA) is 96.2 Å². The number of hydrogen-bond donors (Lipinski definition) is 3. The Morgan fingerprint density at radius 1 is 1.12 bits per heavy atom. The molecule has 2 unspecified atom stereocenters. The summed E-state index contributed by atoms with van der Waals surface area (Å²) in [6.45, 7) is 6.05. The van der Waals surface area contributed by atoms with E-state index >= 15 is 0 Å². The third-order valence-corrected chi connectivity index (χ3v) is 6.42. The highest BCUT2D eigenvalue weighted by molar-refractivity contribution is 5.98. The van der Waals surface area contributed by atoms with Crippen molar-refractivity contribution in [3.63, 3.8) is 0 Å². The number of nitrogens with zero attached hydrogens (tertiary/aromatic N) is 3. The third-order valence-electron chi connectivity index (χ3n) is 6.42. The molecule has 2 atom stereocenters. The van der Waals surface area contributed by atoms with Gasteiger partial charge in [-0.25, -0.2) is 0 Å². The zero-order valence-corrected chi connectivity index (χ0v) is 18.7. The molecule has 0 radical (unpaired) electrons. The van der Waals surface area contributed by atoms with Gasteiger partial charge in [-0.1, -0.05) is 25.1 Å². The SMILES string of the molecule is CC1C=C(N)C(NC(=O)c2cnc3cc(N4CCNCC4)ccc3c2)=CC1c1ccncc1. The molecular formula is C26H28N6O. The van der Waals surface area contributed by atoms with Crippen LogP contribution in [0, 0.1) is 5.92 Å². The van der Waals surface area contributed by atoms with E-state index in [-0.39, 0.29) is 17.7 Å². The number of fused-ring (bicyclic) bond motifs is 1. The Morgan fingerprint density at radius 3 is 2.70 bits per heavy atom. The van der Waals surface area contributed by atoms with Gasteiger partial charge in [-0.15, -0.1) is 0 Å². The number of amides is 1. The highest BCUT2D eigenvalue weighted by Gasteiger charge is 2.23. The van der Waals surface area contributed by atoms with E-state index in [0.717, 1.165) is 48.3 Å². The van der Waals surface area contributed by atoms with Crippen molar-refractivity contribution < 1.29 is 4.79 Å². The summed E-state index contributed by atoms with van der Waals surface area (Å²) in [5, 5.41) is 7.30. The molecule has 1 saturated heterocycles. The highest BCUT2D eigenvalue weighted by Crippen LogP contribution is 2.32. The number of rotatable bonds is 4. The zero-order chi connectivity index (χ0) is 22.8. The molecule has 7 nitrogen and oxygen atoms in total. The van der Waals surface area contributed by atoms with Crippen molar-refractivity contribution in [3.8, 4) is 0 Å². The van der Waals surface area contributed by atoms with Gasteiger partial charge in [-0.3, -0.25) is 14.8 Å². The number of carbonyl (C=O) groups is 1. The molecule has 1 aromatic carbocycles. The molecule has 168 valence electrons. The van der Waals surface area contributed by atoms with E-state index < -0.39 is 0 Å². The molecule has 0 saturated carbocycles. The lowest BCUT2D eigenvalue weighted by atomic mass is 9.83. The Labute approximate surface area is 193 Å². The van der Waals surface area contributed by atoms with Crippen molar-refractivity contribution in [1.29, 1.82) is 0 Å². The summed E-state index contributed by atoms with van der Waals surface area (Å²) in [4.78, 5) is 24.1. The summed E-state index contributed by atoms with van der Waals surface area (Å²) in [5.74, 6) is 0.121. The number of nitrogens with two attached hydrogens (primary N) is 1. The van der Waals surface area contributed by atoms with Crippen molar-refractivity contribution in [1.82, 2.24) is 20.6 Å². The minimum absolute atomic E-state index is 0.119. The molecule has 0 spiro atoms. The lowest BCUT2D eigenvalue weighted by Crippen LogP contribution is -2.43. The first-order chi connectivity index (χ1) is 16.1. The number of benzene rings is 1. The predicted molar refractivity (Wildman–Crippen MR) is 131 cm³/mol. The van der Waals surface area contributed by atoms with Crippen LogP contribution < -0.4 is 21.3 Å². The molecule has 1 aliphatic carbocycles. The zero-order valence-electron chi connectivity index (χ0n) is 18.7. The monoisotopic (exact) mass is 440 g/mol. The Morgan fingerprint density at radius 2 is 1.91 bits per heavy atom. The summed E-state index contributed by atoms with van der Waals surface area (Å²) in [7, 11) is 0. The Hall–Kier alpha value is -3.71. The Kier molecular flexibility index (Phi) is 5.79. The molecule has 1 amide bonds. The van der Waals surface area contributed by atoms with Gasteiger partial charge in [0.2, 0.25) is 0 Å². The Bertz CT molecular complexity index is 1230. The van der Waals surface area contributed by atoms with Crippen LogP contribution in [0.5, 0.6) is 0 Å². The Balaban J connectivity index is 1.36. The summed E-state index contributed by atoms with van der Waals surface area (Å²) in [6.07, 6.45) is 9.22. The van der Waals surface area contributed by atoms with E-state index in [1.165, 1.54) is 0 Å². The molecule has 1 aliphatic heterocycles. The van der Waals surface area contributed by atoms with Crippen molar-refractivity contribution in [3.05, 3.63) is 89.7 Å². The first-order valence-corrected chi connectivity index (χ1v) is 11.3. The van der Waals surface area contributed by atoms with Gasteiger partial charge in [0.25, 0.3) is 5.91 Å². The fourth-order valence-corrected chi connectivity index (χ4v) is 4.55. The molecule has 0 bridgehead atoms. The first-order valence-electron chi connectivity index (χ1n) is 11.3. The number of piperazine rings is 1. The van der Waals surface area contributed by atoms with Crippen LogP contribution in [0.2, 0.25) is 0 Å². The van der Waals surface area contributed by atoms with Crippen LogP contribution in [0.1, 0.15) is 28.8 Å². The number of allylic oxidation sites excluding steroid dienone is 2. The van der Waals surface area contributed by atoms with Gasteiger partial charge < -0.3 is 21.3 Å². The minimum atomic E-state index is -0.221. The van der Waals surface area contributed by atoms with Crippen LogP contribution in [-0.4, -0.2) is 42.1 Å². The van der Waals surface area contributed by atoms with E-state index in [1.807, 2.05) is 36.4 Å². The molecule has 7 heteroatoms. The van der Waals surface area contributed by atoms with Gasteiger partial charge in [0.1, 0.15) is 0 Å². The molecule has 3 aromatic rings. The second-order valence-electron chi connectivity index (χ2n) is 8.66. The lowest BCUT2D eigenvalue weighted by molar-refractivity contribution is 0.0966. The van der Waals surface area contributed by atoms with Crippen molar-refractivity contribution in [2.24, 2.45) is 11.7 Å². The van der Waals surface area contributed by atoms with Crippen LogP contribution in [0.4, 0.5) is 5.69 Å². The summed E-state index contributed by atoms with van der Waals surface area (Å²) < 4.78 is 0. The maximum absolute atomic E-state index is 13.0. The average Bonchev–Trinajstić information content (AvgIpc) is 2.86. The number of carbonyl (C=O) groups excluding carboxylic acids is 1. The maximum Gasteiger partial charge on any atom is 0.257 e. The van der Waals surface area contributed by atoms with E-state index in [0.29, 0.717) is 17.0 Å². The largest absolute Gasteiger partial charge is 0.397 e. The van der Waals surface area contributed by atoms with Gasteiger partial charge >= 0.3 is 0 Å². The standard InChI is InChI=1S/C26H28N6O/c1-17-12-23(27)25(15-22(17)18-4-6-28-7-5-18)31-26(33)20-13-19-2-3-21(14-24(19)30-16-20)32-10-8-29-9-11-32/h2-7,12-17,22,29H,8-11,27H2,1H3,(H,31,33). The van der Waals surface area contributed by atoms with E-state index in [4.69, 9.17) is 5.73 Å². The molecule has 5 rings (SSSR count). The summed E-state index contributed by atoms with van der Waals surface area (Å²) >= 11 is 0. The highest BCUT2D eigenvalue weighted by atomic mass is 16.1. The number of hydrogen-bond acceptors (Lipinski definition) is 6. The number of aromatic nitrogens is 2. The molecule has 4 N–H and O–H groups in total. The first kappa shape index (κ1) is 21.2. The predicted octanol–water partition coefficient (Wildman–Crippen LogP) is 2.93. The van der Waals surface area contributed by atoms with Gasteiger partial charge in [0, 0.05) is 61.8 Å². The molecular weight excluding hydrogens is 412 g/mol. The number of pyridine rings is 2. The van der Waals surface area contributed by atoms with Crippen molar-refractivity contribution in [2.45, 2.75) is 12.8 Å². The van der Waals surface area contributed by atoms with E-state index in [1.54, 1.807) is 18.6 Å². The maximum atomic E-state index is 13.0. The number of nitrogens with one attached hydrogen (secondary N) is 2. The quantitative estimate of drug-likeness (QED) is 0.577. The fraction of sp³-hybridized carbons (Fsp3) is 0.269.